The molecule has 0 aromatic heterocycles. The maximum atomic E-state index is 9.87. The van der Waals surface area contributed by atoms with Crippen LogP contribution in [0.3, 0.4) is 0 Å². The van der Waals surface area contributed by atoms with Gasteiger partial charge in [0.05, 0.1) is 22.7 Å². The Morgan fingerprint density at radius 3 is 0.745 bits per heavy atom. The van der Waals surface area contributed by atoms with Crippen molar-refractivity contribution < 1.29 is 60.0 Å². The molecule has 0 aliphatic rings. The fourth-order valence-electron chi connectivity index (χ4n) is 4.44. The molecule has 9 nitrogen and oxygen atoms in total. The fourth-order valence-corrected chi connectivity index (χ4v) is 5.16. The topological polar surface area (TPSA) is 162 Å². The van der Waals surface area contributed by atoms with Gasteiger partial charge in [-0.1, -0.05) is 70.7 Å². The number of rotatable bonds is 8. The predicted molar refractivity (Wildman–Crippen MR) is 218 cm³/mol. The van der Waals surface area contributed by atoms with Gasteiger partial charge in [-0.2, -0.15) is 0 Å². The van der Waals surface area contributed by atoms with Gasteiger partial charge in [0.1, 0.15) is 23.0 Å². The van der Waals surface area contributed by atoms with Crippen molar-refractivity contribution in [1.82, 2.24) is 0 Å². The molecule has 284 valence electrons. The van der Waals surface area contributed by atoms with Crippen LogP contribution in [0, 0.1) is 0 Å². The summed E-state index contributed by atoms with van der Waals surface area (Å²) in [7, 11) is 0. The molecule has 0 spiro atoms. The van der Waals surface area contributed by atoms with E-state index in [4.69, 9.17) is 46.4 Å². The Morgan fingerprint density at radius 1 is 0.345 bits per heavy atom. The monoisotopic (exact) mass is 898 g/mol. The van der Waals surface area contributed by atoms with E-state index in [1.165, 1.54) is 49.1 Å². The Hall–Kier alpha value is -4.64. The largest absolute Gasteiger partial charge is 0.507 e. The molecule has 0 radical (unpaired) electrons. The van der Waals surface area contributed by atoms with Crippen LogP contribution in [-0.4, -0.2) is 50.8 Å². The molecule has 0 fully saturated rings. The average molecular weight is 900 g/mol. The molecule has 0 bridgehead atoms. The van der Waals surface area contributed by atoms with Crippen LogP contribution < -0.4 is 0 Å². The first-order chi connectivity index (χ1) is 25.0. The quantitative estimate of drug-likeness (QED) is 0.0884. The normalized spacial score (nSPS) is 10.8. The zero-order chi connectivity index (χ0) is 37.0. The van der Waals surface area contributed by atoms with Crippen LogP contribution in [0.1, 0.15) is 22.3 Å². The Bertz CT molecular complexity index is 2020. The van der Waals surface area contributed by atoms with Crippen LogP contribution in [0.2, 0.25) is 20.1 Å². The van der Waals surface area contributed by atoms with Crippen LogP contribution in [0.25, 0.3) is 0 Å². The minimum atomic E-state index is 0. The zero-order valence-electron chi connectivity index (χ0n) is 28.2. The van der Waals surface area contributed by atoms with E-state index in [0.717, 1.165) is 0 Å². The van der Waals surface area contributed by atoms with E-state index in [0.29, 0.717) is 65.1 Å². The number of hydrogen-bond acceptors (Lipinski definition) is 8. The Kier molecular flexibility index (Phi) is 19.2. The van der Waals surface area contributed by atoms with Gasteiger partial charge in [-0.25, -0.2) is 0 Å². The van der Waals surface area contributed by atoms with E-state index < -0.39 is 0 Å². The van der Waals surface area contributed by atoms with Crippen molar-refractivity contribution in [2.45, 2.75) is 0 Å². The molecule has 0 heterocycles. The zero-order valence-corrected chi connectivity index (χ0v) is 33.4. The number of halogens is 4. The molecule has 0 saturated carbocycles. The third-order valence-electron chi connectivity index (χ3n) is 7.09. The van der Waals surface area contributed by atoms with Crippen LogP contribution in [-0.2, 0) is 34.1 Å². The van der Waals surface area contributed by atoms with Crippen LogP contribution >= 0.6 is 46.4 Å². The number of phenols is 4. The maximum Gasteiger partial charge on any atom is 0.124 e. The van der Waals surface area contributed by atoms with Crippen molar-refractivity contribution in [3.8, 4) is 23.0 Å². The summed E-state index contributed by atoms with van der Waals surface area (Å²) in [6, 6.07) is 33.4. The molecule has 6 aromatic carbocycles. The van der Waals surface area contributed by atoms with E-state index in [1.54, 1.807) is 72.8 Å². The van der Waals surface area contributed by atoms with Crippen molar-refractivity contribution >= 4 is 94.0 Å². The van der Waals surface area contributed by atoms with E-state index in [9.17, 15) is 20.4 Å². The number of benzene rings is 6. The number of aliphatic imine (C=N–C) groups is 4. The second-order valence-corrected chi connectivity index (χ2v) is 12.6. The van der Waals surface area contributed by atoms with E-state index in [1.807, 2.05) is 24.3 Å². The molecule has 15 heteroatoms. The van der Waals surface area contributed by atoms with Crippen molar-refractivity contribution in [3.63, 3.8) is 0 Å². The van der Waals surface area contributed by atoms with Crippen molar-refractivity contribution in [3.05, 3.63) is 164 Å². The van der Waals surface area contributed by atoms with Crippen molar-refractivity contribution in [2.24, 2.45) is 20.0 Å². The van der Waals surface area contributed by atoms with Gasteiger partial charge in [-0.3, -0.25) is 20.0 Å². The third kappa shape index (κ3) is 13.9. The number of aromatic hydroxyl groups is 4. The third-order valence-corrected chi connectivity index (χ3v) is 8.03. The van der Waals surface area contributed by atoms with E-state index in [-0.39, 0.29) is 62.6 Å². The first kappa shape index (κ1) is 46.5. The van der Waals surface area contributed by atoms with Gasteiger partial charge in [0.2, 0.25) is 0 Å². The molecule has 0 aliphatic carbocycles. The second kappa shape index (κ2) is 22.7. The number of para-hydroxylation sites is 4. The summed E-state index contributed by atoms with van der Waals surface area (Å²) >= 11 is 23.8. The smallest absolute Gasteiger partial charge is 0.124 e. The Balaban J connectivity index is 0.000000360. The maximum absolute atomic E-state index is 9.87. The molecular formula is C40H30Cl4Fe2N4O5. The molecule has 0 unspecified atom stereocenters. The van der Waals surface area contributed by atoms with E-state index in [2.05, 4.69) is 20.0 Å². The van der Waals surface area contributed by atoms with Crippen LogP contribution in [0.15, 0.2) is 141 Å². The molecule has 6 rings (SSSR count). The number of phenolic OH excluding ortho intramolecular Hbond substituents is 4. The van der Waals surface area contributed by atoms with Gasteiger partial charge >= 0.3 is 0 Å². The molecule has 6 N–H and O–H groups in total. The minimum Gasteiger partial charge on any atom is -0.507 e. The van der Waals surface area contributed by atoms with Gasteiger partial charge in [-0.05, 0) is 97.1 Å². The summed E-state index contributed by atoms with van der Waals surface area (Å²) < 4.78 is 0. The first-order valence-corrected chi connectivity index (χ1v) is 16.9. The van der Waals surface area contributed by atoms with Gasteiger partial charge < -0.3 is 25.9 Å². The SMILES string of the molecule is O.Oc1ccc(Cl)cc1C=Nc1ccccc1N=Cc1cc(Cl)ccc1O.Oc1ccc(Cl)cc1C=Nc1ccccc1N=Cc1cc(Cl)ccc1O.[Fe].[Fe]. The van der Waals surface area contributed by atoms with Gasteiger partial charge in [0, 0.05) is 101 Å². The molecule has 0 aliphatic heterocycles. The summed E-state index contributed by atoms with van der Waals surface area (Å²) in [5.74, 6) is 0.344. The average Bonchev–Trinajstić information content (AvgIpc) is 3.14. The predicted octanol–water partition coefficient (Wildman–Crippen LogP) is 11.0. The molecule has 55 heavy (non-hydrogen) atoms. The van der Waals surface area contributed by atoms with Crippen molar-refractivity contribution in [1.29, 1.82) is 0 Å². The van der Waals surface area contributed by atoms with Gasteiger partial charge in [0.25, 0.3) is 0 Å². The fraction of sp³-hybridized carbons (Fsp3) is 0. The number of nitrogens with zero attached hydrogens (tertiary/aromatic N) is 4. The minimum absolute atomic E-state index is 0. The standard InChI is InChI=1S/2C20H14Cl2N2O2.2Fe.H2O/c2*21-15-5-7-19(25)13(9-15)11-23-17-3-1-2-4-18(17)24-12-14-10-16(22)6-8-20(14)26;;;/h2*1-12,25-26H;;;1H2. The summed E-state index contributed by atoms with van der Waals surface area (Å²) in [5.41, 5.74) is 4.42. The Labute approximate surface area is 358 Å². The number of hydrogen-bond donors (Lipinski definition) is 4. The Morgan fingerprint density at radius 2 is 0.545 bits per heavy atom. The molecule has 0 saturated heterocycles. The molecule has 0 amide bonds. The molecule has 6 aromatic rings. The first-order valence-electron chi connectivity index (χ1n) is 15.3. The van der Waals surface area contributed by atoms with Gasteiger partial charge in [-0.15, -0.1) is 0 Å². The second-order valence-electron chi connectivity index (χ2n) is 10.8. The molecule has 0 atom stereocenters. The molecular weight excluding hydrogens is 870 g/mol. The summed E-state index contributed by atoms with van der Waals surface area (Å²) in [6.45, 7) is 0. The van der Waals surface area contributed by atoms with Crippen molar-refractivity contribution in [2.75, 3.05) is 0 Å². The van der Waals surface area contributed by atoms with E-state index >= 15 is 0 Å². The van der Waals surface area contributed by atoms with Crippen LogP contribution in [0.5, 0.6) is 23.0 Å². The van der Waals surface area contributed by atoms with Gasteiger partial charge in [0.15, 0.2) is 0 Å². The van der Waals surface area contributed by atoms with Crippen LogP contribution in [0.4, 0.5) is 22.7 Å². The summed E-state index contributed by atoms with van der Waals surface area (Å²) in [6.07, 6.45) is 6.08. The summed E-state index contributed by atoms with van der Waals surface area (Å²) in [5, 5.41) is 41.5. The summed E-state index contributed by atoms with van der Waals surface area (Å²) in [4.78, 5) is 17.5.